The molecule has 0 spiro atoms. The number of hydrogen-bond acceptors (Lipinski definition) is 5. The van der Waals surface area contributed by atoms with Crippen molar-refractivity contribution in [2.75, 3.05) is 13.7 Å². The van der Waals surface area contributed by atoms with Crippen molar-refractivity contribution >= 4 is 29.1 Å². The van der Waals surface area contributed by atoms with Crippen molar-refractivity contribution < 1.29 is 14.6 Å². The number of nitrogens with zero attached hydrogens (tertiary/aromatic N) is 1. The second kappa shape index (κ2) is 8.30. The molecule has 1 aromatic carbocycles. The molecule has 1 heterocycles. The van der Waals surface area contributed by atoms with Crippen LogP contribution in [0.3, 0.4) is 0 Å². The molecule has 2 rings (SSSR count). The average molecular weight is 382 g/mol. The predicted octanol–water partition coefficient (Wildman–Crippen LogP) is 4.83. The number of hydrogen-bond donors (Lipinski definition) is 1. The molecule has 4 nitrogen and oxygen atoms in total. The van der Waals surface area contributed by atoms with E-state index in [0.29, 0.717) is 16.3 Å². The summed E-state index contributed by atoms with van der Waals surface area (Å²) in [6.45, 7) is 6.41. The lowest BCUT2D eigenvalue weighted by Gasteiger charge is -2.17. The number of allylic oxidation sites excluding steroid dienone is 1. The molecule has 1 aliphatic heterocycles. The smallest absolute Gasteiger partial charge is 0.192 e. The number of halogens is 1. The van der Waals surface area contributed by atoms with Crippen molar-refractivity contribution in [3.8, 4) is 5.75 Å². The van der Waals surface area contributed by atoms with Crippen LogP contribution >= 0.6 is 23.4 Å². The van der Waals surface area contributed by atoms with E-state index >= 15 is 0 Å². The lowest BCUT2D eigenvalue weighted by Crippen LogP contribution is -2.19. The minimum atomic E-state index is -0.943. The van der Waals surface area contributed by atoms with E-state index in [9.17, 15) is 9.90 Å². The highest BCUT2D eigenvalue weighted by Crippen LogP contribution is 2.42. The van der Waals surface area contributed by atoms with E-state index in [2.05, 4.69) is 6.92 Å². The van der Waals surface area contributed by atoms with Gasteiger partial charge in [0.15, 0.2) is 5.78 Å². The van der Waals surface area contributed by atoms with Crippen LogP contribution in [-0.2, 0) is 0 Å². The Balaban J connectivity index is 2.32. The first-order chi connectivity index (χ1) is 11.8. The number of ketones is 1. The van der Waals surface area contributed by atoms with Gasteiger partial charge >= 0.3 is 0 Å². The van der Waals surface area contributed by atoms with E-state index in [0.717, 1.165) is 29.3 Å². The fourth-order valence-electron chi connectivity index (χ4n) is 2.36. The van der Waals surface area contributed by atoms with Crippen molar-refractivity contribution in [1.82, 2.24) is 4.90 Å². The van der Waals surface area contributed by atoms with Crippen LogP contribution in [0.5, 0.6) is 5.75 Å². The first kappa shape index (κ1) is 19.9. The Kier molecular flexibility index (Phi) is 6.60. The fourth-order valence-corrected chi connectivity index (χ4v) is 3.62. The summed E-state index contributed by atoms with van der Waals surface area (Å²) in [7, 11) is 1.53. The number of methoxy groups -OCH3 is 1. The quantitative estimate of drug-likeness (QED) is 0.541. The molecule has 136 valence electrons. The van der Waals surface area contributed by atoms with E-state index in [1.54, 1.807) is 38.1 Å². The Morgan fingerprint density at radius 3 is 2.76 bits per heavy atom. The molecular weight excluding hydrogens is 358 g/mol. The van der Waals surface area contributed by atoms with Crippen molar-refractivity contribution in [1.29, 1.82) is 0 Å². The number of ether oxygens (including phenoxy) is 1. The summed E-state index contributed by atoms with van der Waals surface area (Å²) in [5.74, 6) is 0.318. The zero-order valence-corrected chi connectivity index (χ0v) is 16.6. The Bertz CT molecular complexity index is 707. The van der Waals surface area contributed by atoms with Gasteiger partial charge in [-0.05, 0) is 38.5 Å². The Labute approximate surface area is 158 Å². The van der Waals surface area contributed by atoms with Crippen molar-refractivity contribution in [3.63, 3.8) is 0 Å². The highest BCUT2D eigenvalue weighted by Gasteiger charge is 2.29. The molecule has 1 aliphatic rings. The molecule has 0 bridgehead atoms. The second-order valence-corrected chi connectivity index (χ2v) is 7.89. The van der Waals surface area contributed by atoms with Gasteiger partial charge in [0.05, 0.1) is 23.3 Å². The Morgan fingerprint density at radius 2 is 2.16 bits per heavy atom. The van der Waals surface area contributed by atoms with Gasteiger partial charge in [0.2, 0.25) is 0 Å². The van der Waals surface area contributed by atoms with Crippen LogP contribution in [-0.4, -0.2) is 35.0 Å². The lowest BCUT2D eigenvalue weighted by atomic mass is 10.1. The fraction of sp³-hybridized carbons (Fsp3) is 0.421. The molecule has 1 N–H and O–H groups in total. The summed E-state index contributed by atoms with van der Waals surface area (Å²) >= 11 is 7.45. The van der Waals surface area contributed by atoms with Gasteiger partial charge in [-0.2, -0.15) is 0 Å². The van der Waals surface area contributed by atoms with Crippen molar-refractivity contribution in [2.24, 2.45) is 0 Å². The highest BCUT2D eigenvalue weighted by molar-refractivity contribution is 8.07. The van der Waals surface area contributed by atoms with Crippen molar-refractivity contribution in [3.05, 3.63) is 51.0 Å². The van der Waals surface area contributed by atoms with Gasteiger partial charge in [-0.1, -0.05) is 36.7 Å². The highest BCUT2D eigenvalue weighted by atomic mass is 35.5. The summed E-state index contributed by atoms with van der Waals surface area (Å²) in [6.07, 6.45) is 5.57. The molecule has 0 saturated carbocycles. The van der Waals surface area contributed by atoms with Crippen LogP contribution in [0.25, 0.3) is 0 Å². The Morgan fingerprint density at radius 1 is 1.44 bits per heavy atom. The Hall–Kier alpha value is -1.43. The van der Waals surface area contributed by atoms with Gasteiger partial charge in [0.1, 0.15) is 5.75 Å². The van der Waals surface area contributed by atoms with E-state index < -0.39 is 5.60 Å². The number of thioether (sulfide) groups is 1. The number of unbranched alkanes of at least 4 members (excludes halogenated alkanes) is 1. The molecule has 0 unspecified atom stereocenters. The summed E-state index contributed by atoms with van der Waals surface area (Å²) in [5, 5.41) is 11.6. The van der Waals surface area contributed by atoms with E-state index in [1.165, 1.54) is 18.9 Å². The molecule has 0 aliphatic carbocycles. The zero-order valence-electron chi connectivity index (χ0n) is 15.0. The molecule has 0 aromatic heterocycles. The number of carbonyl (C=O) groups is 1. The third-order valence-corrected chi connectivity index (χ3v) is 5.43. The molecule has 0 atom stereocenters. The lowest BCUT2D eigenvalue weighted by molar-refractivity contribution is 0.104. The molecule has 0 amide bonds. The number of aliphatic hydroxyl groups is 1. The standard InChI is InChI=1S/C19H24ClNO3S/c1-5-6-9-21-12-17(19(2,3)23)25-18(21)11-15(22)14-10-13(20)7-8-16(14)24-4/h7-8,10-12,23H,5-6,9H2,1-4H3. The largest absolute Gasteiger partial charge is 0.496 e. The molecule has 6 heteroatoms. The van der Waals surface area contributed by atoms with Gasteiger partial charge in [-0.3, -0.25) is 4.79 Å². The van der Waals surface area contributed by atoms with Crippen LogP contribution in [0, 0.1) is 0 Å². The maximum Gasteiger partial charge on any atom is 0.192 e. The number of rotatable bonds is 7. The third-order valence-electron chi connectivity index (χ3n) is 3.81. The van der Waals surface area contributed by atoms with Crippen LogP contribution in [0.1, 0.15) is 44.0 Å². The monoisotopic (exact) mass is 381 g/mol. The van der Waals surface area contributed by atoms with Gasteiger partial charge < -0.3 is 14.7 Å². The molecule has 1 aromatic rings. The molecule has 0 fully saturated rings. The summed E-state index contributed by atoms with van der Waals surface area (Å²) < 4.78 is 5.27. The summed E-state index contributed by atoms with van der Waals surface area (Å²) in [4.78, 5) is 15.6. The van der Waals surface area contributed by atoms with Crippen LogP contribution in [0.4, 0.5) is 0 Å². The zero-order chi connectivity index (χ0) is 18.6. The van der Waals surface area contributed by atoms with Gasteiger partial charge in [-0.15, -0.1) is 0 Å². The van der Waals surface area contributed by atoms with E-state index in [-0.39, 0.29) is 5.78 Å². The van der Waals surface area contributed by atoms with E-state index in [1.807, 2.05) is 11.1 Å². The average Bonchev–Trinajstić information content (AvgIpc) is 2.95. The number of carbonyl (C=O) groups excluding carboxylic acids is 1. The predicted molar refractivity (Wildman–Crippen MR) is 104 cm³/mol. The molecule has 0 radical (unpaired) electrons. The van der Waals surface area contributed by atoms with Crippen LogP contribution < -0.4 is 4.74 Å². The SMILES string of the molecule is CCCCN1C=C(C(C)(C)O)SC1=CC(=O)c1cc(Cl)ccc1OC. The molecule has 25 heavy (non-hydrogen) atoms. The third kappa shape index (κ3) is 5.03. The second-order valence-electron chi connectivity index (χ2n) is 6.39. The maximum absolute atomic E-state index is 12.8. The van der Waals surface area contributed by atoms with Crippen LogP contribution in [0.2, 0.25) is 5.02 Å². The van der Waals surface area contributed by atoms with Gasteiger partial charge in [-0.25, -0.2) is 0 Å². The minimum absolute atomic E-state index is 0.172. The maximum atomic E-state index is 12.8. The first-order valence-corrected chi connectivity index (χ1v) is 9.44. The normalized spacial score (nSPS) is 16.3. The molecular formula is C19H24ClNO3S. The van der Waals surface area contributed by atoms with Crippen molar-refractivity contribution in [2.45, 2.75) is 39.2 Å². The number of benzene rings is 1. The summed E-state index contributed by atoms with van der Waals surface area (Å²) in [5.41, 5.74) is -0.517. The summed E-state index contributed by atoms with van der Waals surface area (Å²) in [6, 6.07) is 4.99. The minimum Gasteiger partial charge on any atom is -0.496 e. The van der Waals surface area contributed by atoms with E-state index in [4.69, 9.17) is 16.3 Å². The van der Waals surface area contributed by atoms with Gasteiger partial charge in [0, 0.05) is 28.7 Å². The van der Waals surface area contributed by atoms with Crippen LogP contribution in [0.15, 0.2) is 40.4 Å². The first-order valence-electron chi connectivity index (χ1n) is 8.25. The topological polar surface area (TPSA) is 49.8 Å². The molecule has 0 saturated heterocycles. The van der Waals surface area contributed by atoms with Gasteiger partial charge in [0.25, 0.3) is 0 Å².